The molecule has 1 atom stereocenters. The van der Waals surface area contributed by atoms with Gasteiger partial charge in [-0.05, 0) is 42.0 Å². The van der Waals surface area contributed by atoms with Crippen molar-refractivity contribution in [2.24, 2.45) is 0 Å². The Hall–Kier alpha value is -2.21. The van der Waals surface area contributed by atoms with Gasteiger partial charge in [-0.2, -0.15) is 13.2 Å². The zero-order valence-electron chi connectivity index (χ0n) is 15.1. The number of carbonyl (C=O) groups is 1. The van der Waals surface area contributed by atoms with E-state index in [0.29, 0.717) is 37.1 Å². The molecule has 7 heteroatoms. The number of amides is 1. The minimum atomic E-state index is -4.34. The van der Waals surface area contributed by atoms with E-state index in [9.17, 15) is 18.0 Å². The molecule has 2 aromatic rings. The number of nitrogens with one attached hydrogen (secondary N) is 1. The Morgan fingerprint density at radius 3 is 2.52 bits per heavy atom. The van der Waals surface area contributed by atoms with E-state index < -0.39 is 11.7 Å². The molecule has 3 nitrogen and oxygen atoms in total. The highest BCUT2D eigenvalue weighted by Gasteiger charge is 2.30. The summed E-state index contributed by atoms with van der Waals surface area (Å²) in [5.74, 6) is -0.174. The van der Waals surface area contributed by atoms with Gasteiger partial charge in [0.25, 0.3) is 0 Å². The molecule has 0 aliphatic rings. The second-order valence-electron chi connectivity index (χ2n) is 6.36. The Morgan fingerprint density at radius 2 is 1.85 bits per heavy atom. The van der Waals surface area contributed by atoms with Crippen LogP contribution in [0.2, 0.25) is 0 Å². The molecule has 0 aromatic heterocycles. The molecule has 0 aliphatic carbocycles. The van der Waals surface area contributed by atoms with E-state index in [1.165, 1.54) is 12.1 Å². The Balaban J connectivity index is 0.00000364. The van der Waals surface area contributed by atoms with Crippen LogP contribution in [0.25, 0.3) is 0 Å². The smallest absolute Gasteiger partial charge is 0.399 e. The molecule has 0 spiro atoms. The average Bonchev–Trinajstić information content (AvgIpc) is 2.60. The number of nitrogen functional groups attached to an aromatic ring is 1. The van der Waals surface area contributed by atoms with Gasteiger partial charge in [0.2, 0.25) is 5.91 Å². The largest absolute Gasteiger partial charge is 0.416 e. The molecule has 0 saturated heterocycles. The molecule has 2 aromatic carbocycles. The summed E-state index contributed by atoms with van der Waals surface area (Å²) < 4.78 is 38.3. The van der Waals surface area contributed by atoms with Gasteiger partial charge in [0.1, 0.15) is 0 Å². The van der Waals surface area contributed by atoms with Crippen molar-refractivity contribution in [2.75, 3.05) is 12.3 Å². The summed E-state index contributed by atoms with van der Waals surface area (Å²) in [6.45, 7) is 2.27. The van der Waals surface area contributed by atoms with Crippen LogP contribution in [0.1, 0.15) is 42.4 Å². The molecule has 0 radical (unpaired) electrons. The van der Waals surface area contributed by atoms with Crippen LogP contribution >= 0.6 is 12.4 Å². The highest BCUT2D eigenvalue weighted by atomic mass is 35.5. The van der Waals surface area contributed by atoms with Gasteiger partial charge >= 0.3 is 6.18 Å². The van der Waals surface area contributed by atoms with Crippen molar-refractivity contribution in [3.05, 3.63) is 65.2 Å². The first-order valence-electron chi connectivity index (χ1n) is 8.54. The van der Waals surface area contributed by atoms with E-state index in [1.54, 1.807) is 12.1 Å². The standard InChI is InChI=1S/C20H23F3N2O.ClH/c1-14(16-6-4-7-17(13-16)20(21,22)23)11-12-25-19(26)10-9-15-5-2-3-8-18(15)24;/h2-8,13-14H,9-12,24H2,1H3,(H,25,26);1H. The number of anilines is 1. The van der Waals surface area contributed by atoms with Gasteiger partial charge in [-0.25, -0.2) is 0 Å². The first-order valence-corrected chi connectivity index (χ1v) is 8.54. The average molecular weight is 401 g/mol. The molecule has 0 aliphatic heterocycles. The van der Waals surface area contributed by atoms with Crippen LogP contribution in [-0.4, -0.2) is 12.5 Å². The summed E-state index contributed by atoms with van der Waals surface area (Å²) in [7, 11) is 0. The summed E-state index contributed by atoms with van der Waals surface area (Å²) in [6, 6.07) is 12.7. The van der Waals surface area contributed by atoms with Crippen molar-refractivity contribution in [3.63, 3.8) is 0 Å². The first-order chi connectivity index (χ1) is 12.3. The normalized spacial score (nSPS) is 12.1. The van der Waals surface area contributed by atoms with Gasteiger partial charge in [-0.1, -0.05) is 43.3 Å². The molecule has 1 unspecified atom stereocenters. The second kappa shape index (κ2) is 10.2. The minimum Gasteiger partial charge on any atom is -0.399 e. The predicted octanol–water partition coefficient (Wildman–Crippen LogP) is 4.95. The summed E-state index contributed by atoms with van der Waals surface area (Å²) in [6.07, 6.45) is -2.89. The maximum atomic E-state index is 12.8. The number of rotatable bonds is 7. The number of halogens is 4. The zero-order valence-corrected chi connectivity index (χ0v) is 15.9. The van der Waals surface area contributed by atoms with Crippen molar-refractivity contribution in [1.82, 2.24) is 5.32 Å². The van der Waals surface area contributed by atoms with E-state index in [-0.39, 0.29) is 24.2 Å². The number of nitrogens with two attached hydrogens (primary N) is 1. The number of hydrogen-bond acceptors (Lipinski definition) is 2. The van der Waals surface area contributed by atoms with Crippen LogP contribution in [0.15, 0.2) is 48.5 Å². The van der Waals surface area contributed by atoms with Gasteiger partial charge in [-0.3, -0.25) is 4.79 Å². The lowest BCUT2D eigenvalue weighted by Gasteiger charge is -2.15. The number of benzene rings is 2. The molecule has 27 heavy (non-hydrogen) atoms. The van der Waals surface area contributed by atoms with Crippen molar-refractivity contribution in [3.8, 4) is 0 Å². The van der Waals surface area contributed by atoms with Crippen LogP contribution < -0.4 is 11.1 Å². The SMILES string of the molecule is CC(CCNC(=O)CCc1ccccc1N)c1cccc(C(F)(F)F)c1.Cl. The lowest BCUT2D eigenvalue weighted by Crippen LogP contribution is -2.25. The Labute approximate surface area is 163 Å². The van der Waals surface area contributed by atoms with Gasteiger partial charge in [-0.15, -0.1) is 12.4 Å². The van der Waals surface area contributed by atoms with E-state index in [0.717, 1.165) is 11.6 Å². The first kappa shape index (κ1) is 22.8. The third-order valence-corrected chi connectivity index (χ3v) is 4.36. The summed E-state index contributed by atoms with van der Waals surface area (Å²) in [5, 5.41) is 2.82. The topological polar surface area (TPSA) is 55.1 Å². The van der Waals surface area contributed by atoms with Gasteiger partial charge in [0, 0.05) is 18.7 Å². The molecule has 3 N–H and O–H groups in total. The van der Waals surface area contributed by atoms with Gasteiger partial charge in [0.05, 0.1) is 5.56 Å². The van der Waals surface area contributed by atoms with Crippen LogP contribution in [0.3, 0.4) is 0 Å². The highest BCUT2D eigenvalue weighted by Crippen LogP contribution is 2.31. The fourth-order valence-electron chi connectivity index (χ4n) is 2.71. The van der Waals surface area contributed by atoms with Crippen LogP contribution in [-0.2, 0) is 17.4 Å². The summed E-state index contributed by atoms with van der Waals surface area (Å²) in [5.41, 5.74) is 7.41. The van der Waals surface area contributed by atoms with Gasteiger partial charge in [0.15, 0.2) is 0 Å². The van der Waals surface area contributed by atoms with E-state index in [2.05, 4.69) is 5.32 Å². The van der Waals surface area contributed by atoms with Crippen molar-refractivity contribution in [1.29, 1.82) is 0 Å². The minimum absolute atomic E-state index is 0. The van der Waals surface area contributed by atoms with E-state index in [1.807, 2.05) is 25.1 Å². The third-order valence-electron chi connectivity index (χ3n) is 4.36. The maximum Gasteiger partial charge on any atom is 0.416 e. The van der Waals surface area contributed by atoms with Crippen molar-refractivity contribution < 1.29 is 18.0 Å². The van der Waals surface area contributed by atoms with Crippen molar-refractivity contribution >= 4 is 24.0 Å². The monoisotopic (exact) mass is 400 g/mol. The molecular formula is C20H24ClF3N2O. The quantitative estimate of drug-likeness (QED) is 0.646. The molecule has 2 rings (SSSR count). The Bertz CT molecular complexity index is 750. The van der Waals surface area contributed by atoms with Crippen LogP contribution in [0, 0.1) is 0 Å². The number of alkyl halides is 3. The lowest BCUT2D eigenvalue weighted by molar-refractivity contribution is -0.137. The Kier molecular flexibility index (Phi) is 8.63. The summed E-state index contributed by atoms with van der Waals surface area (Å²) >= 11 is 0. The molecule has 0 saturated carbocycles. The molecule has 0 bridgehead atoms. The lowest BCUT2D eigenvalue weighted by atomic mass is 9.96. The number of para-hydroxylation sites is 1. The predicted molar refractivity (Wildman–Crippen MR) is 104 cm³/mol. The van der Waals surface area contributed by atoms with Crippen LogP contribution in [0.5, 0.6) is 0 Å². The fraction of sp³-hybridized carbons (Fsp3) is 0.350. The molecule has 0 fully saturated rings. The zero-order chi connectivity index (χ0) is 19.2. The number of hydrogen-bond donors (Lipinski definition) is 2. The number of carbonyl (C=O) groups excluding carboxylic acids is 1. The molecule has 1 amide bonds. The molecular weight excluding hydrogens is 377 g/mol. The molecule has 0 heterocycles. The van der Waals surface area contributed by atoms with Crippen molar-refractivity contribution in [2.45, 2.75) is 38.3 Å². The van der Waals surface area contributed by atoms with E-state index in [4.69, 9.17) is 5.73 Å². The second-order valence-corrected chi connectivity index (χ2v) is 6.36. The van der Waals surface area contributed by atoms with E-state index >= 15 is 0 Å². The maximum absolute atomic E-state index is 12.8. The fourth-order valence-corrected chi connectivity index (χ4v) is 2.71. The van der Waals surface area contributed by atoms with Gasteiger partial charge < -0.3 is 11.1 Å². The number of aryl methyl sites for hydroxylation is 1. The Morgan fingerprint density at radius 1 is 1.15 bits per heavy atom. The summed E-state index contributed by atoms with van der Waals surface area (Å²) in [4.78, 5) is 11.9. The van der Waals surface area contributed by atoms with Crippen LogP contribution in [0.4, 0.5) is 18.9 Å². The molecule has 148 valence electrons. The highest BCUT2D eigenvalue weighted by molar-refractivity contribution is 5.85. The third kappa shape index (κ3) is 7.13.